The highest BCUT2D eigenvalue weighted by atomic mass is 35.5. The van der Waals surface area contributed by atoms with Crippen molar-refractivity contribution >= 4 is 23.2 Å². The normalized spacial score (nSPS) is 10.8. The maximum Gasteiger partial charge on any atom is 0.272 e. The summed E-state index contributed by atoms with van der Waals surface area (Å²) < 4.78 is 0. The minimum absolute atomic E-state index is 0.367. The van der Waals surface area contributed by atoms with Gasteiger partial charge in [0.25, 0.3) is 5.91 Å². The van der Waals surface area contributed by atoms with Gasteiger partial charge in [0.15, 0.2) is 0 Å². The average Bonchev–Trinajstić information content (AvgIpc) is 2.52. The molecule has 1 N–H and O–H groups in total. The molecule has 0 saturated carbocycles. The molecule has 104 valence electrons. The van der Waals surface area contributed by atoms with E-state index in [9.17, 15) is 4.79 Å². The first-order valence-corrected chi connectivity index (χ1v) is 6.59. The van der Waals surface area contributed by atoms with Gasteiger partial charge in [-0.3, -0.25) is 4.79 Å². The van der Waals surface area contributed by atoms with Gasteiger partial charge in [0, 0.05) is 0 Å². The molecule has 0 bridgehead atoms. The molecule has 0 aliphatic heterocycles. The molecule has 0 aromatic heterocycles. The van der Waals surface area contributed by atoms with Crippen molar-refractivity contribution < 1.29 is 4.79 Å². The molecule has 2 aromatic carbocycles. The van der Waals surface area contributed by atoms with Crippen molar-refractivity contribution in [3.05, 3.63) is 70.2 Å². The second-order valence-electron chi connectivity index (χ2n) is 4.31. The van der Waals surface area contributed by atoms with E-state index in [4.69, 9.17) is 16.9 Å². The van der Waals surface area contributed by atoms with Crippen molar-refractivity contribution in [2.24, 2.45) is 5.10 Å². The van der Waals surface area contributed by atoms with Crippen molar-refractivity contribution in [1.29, 1.82) is 5.26 Å². The van der Waals surface area contributed by atoms with E-state index < -0.39 is 0 Å². The lowest BCUT2D eigenvalue weighted by atomic mass is 10.1. The number of carbonyl (C=O) groups excluding carboxylic acids is 1. The lowest BCUT2D eigenvalue weighted by molar-refractivity contribution is 0.0955. The molecule has 0 aliphatic rings. The fourth-order valence-corrected chi connectivity index (χ4v) is 1.91. The third kappa shape index (κ3) is 3.68. The number of halogens is 1. The van der Waals surface area contributed by atoms with Gasteiger partial charge in [-0.05, 0) is 36.8 Å². The fourth-order valence-electron chi connectivity index (χ4n) is 1.69. The average molecular weight is 298 g/mol. The smallest absolute Gasteiger partial charge is 0.267 e. The SMILES string of the molecule is C/C(=N/NC(=O)c1ccccc1Cl)c1ccc(C#N)cc1. The number of benzene rings is 2. The fraction of sp³-hybridized carbons (Fsp3) is 0.0625. The summed E-state index contributed by atoms with van der Waals surface area (Å²) in [7, 11) is 0. The Labute approximate surface area is 127 Å². The number of rotatable bonds is 3. The van der Waals surface area contributed by atoms with Crippen molar-refractivity contribution in [2.75, 3.05) is 0 Å². The largest absolute Gasteiger partial charge is 0.272 e. The highest BCUT2D eigenvalue weighted by Gasteiger charge is 2.08. The first-order valence-electron chi connectivity index (χ1n) is 6.21. The monoisotopic (exact) mass is 297 g/mol. The number of hydrogen-bond acceptors (Lipinski definition) is 3. The highest BCUT2D eigenvalue weighted by Crippen LogP contribution is 2.14. The number of carbonyl (C=O) groups is 1. The van der Waals surface area contributed by atoms with Crippen LogP contribution in [0.15, 0.2) is 53.6 Å². The zero-order valence-electron chi connectivity index (χ0n) is 11.3. The Balaban J connectivity index is 2.11. The Hall–Kier alpha value is -2.64. The summed E-state index contributed by atoms with van der Waals surface area (Å²) in [5.41, 5.74) is 4.88. The quantitative estimate of drug-likeness (QED) is 0.697. The number of hydrogen-bond donors (Lipinski definition) is 1. The van der Waals surface area contributed by atoms with Gasteiger partial charge in [0.05, 0.1) is 27.9 Å². The molecule has 1 amide bonds. The number of hydrazone groups is 1. The zero-order chi connectivity index (χ0) is 15.2. The number of nitrogens with one attached hydrogen (secondary N) is 1. The number of nitrogens with zero attached hydrogens (tertiary/aromatic N) is 2. The van der Waals surface area contributed by atoms with Crippen molar-refractivity contribution in [3.8, 4) is 6.07 Å². The molecule has 21 heavy (non-hydrogen) atoms. The summed E-state index contributed by atoms with van der Waals surface area (Å²) in [4.78, 5) is 12.0. The van der Waals surface area contributed by atoms with E-state index in [-0.39, 0.29) is 5.91 Å². The maximum absolute atomic E-state index is 12.0. The van der Waals surface area contributed by atoms with E-state index in [1.165, 1.54) is 0 Å². The van der Waals surface area contributed by atoms with Gasteiger partial charge < -0.3 is 0 Å². The first-order chi connectivity index (χ1) is 10.1. The van der Waals surface area contributed by atoms with E-state index in [0.717, 1.165) is 5.56 Å². The molecular formula is C16H12ClN3O. The van der Waals surface area contributed by atoms with E-state index in [1.807, 2.05) is 6.07 Å². The van der Waals surface area contributed by atoms with E-state index >= 15 is 0 Å². The summed E-state index contributed by atoms with van der Waals surface area (Å²) in [6, 6.07) is 15.8. The molecule has 0 aliphatic carbocycles. The van der Waals surface area contributed by atoms with Gasteiger partial charge in [0.1, 0.15) is 0 Å². The predicted molar refractivity (Wildman–Crippen MR) is 82.3 cm³/mol. The molecule has 0 fully saturated rings. The van der Waals surface area contributed by atoms with Gasteiger partial charge in [-0.15, -0.1) is 0 Å². The lowest BCUT2D eigenvalue weighted by Crippen LogP contribution is -2.19. The lowest BCUT2D eigenvalue weighted by Gasteiger charge is -2.04. The zero-order valence-corrected chi connectivity index (χ0v) is 12.1. The molecule has 2 aromatic rings. The van der Waals surface area contributed by atoms with Crippen LogP contribution in [0.2, 0.25) is 5.02 Å². The highest BCUT2D eigenvalue weighted by molar-refractivity contribution is 6.33. The Morgan fingerprint density at radius 1 is 1.19 bits per heavy atom. The molecule has 0 heterocycles. The van der Waals surface area contributed by atoms with Crippen LogP contribution in [0.5, 0.6) is 0 Å². The summed E-state index contributed by atoms with van der Waals surface area (Å²) in [5, 5.41) is 13.2. The summed E-state index contributed by atoms with van der Waals surface area (Å²) >= 11 is 5.94. The second-order valence-corrected chi connectivity index (χ2v) is 4.71. The number of amides is 1. The standard InChI is InChI=1S/C16H12ClN3O/c1-11(13-8-6-12(10-18)7-9-13)19-20-16(21)14-4-2-3-5-15(14)17/h2-9H,1H3,(H,20,21)/b19-11-. The molecule has 5 heteroatoms. The van der Waals surface area contributed by atoms with Crippen LogP contribution >= 0.6 is 11.6 Å². The predicted octanol–water partition coefficient (Wildman–Crippen LogP) is 3.37. The third-order valence-corrected chi connectivity index (χ3v) is 3.20. The van der Waals surface area contributed by atoms with Crippen LogP contribution < -0.4 is 5.43 Å². The maximum atomic E-state index is 12.0. The van der Waals surface area contributed by atoms with Crippen LogP contribution in [-0.2, 0) is 0 Å². The molecule has 0 atom stereocenters. The van der Waals surface area contributed by atoms with Gasteiger partial charge in [-0.25, -0.2) is 5.43 Å². The van der Waals surface area contributed by atoms with Gasteiger partial charge in [0.2, 0.25) is 0 Å². The summed E-state index contributed by atoms with van der Waals surface area (Å²) in [6.45, 7) is 1.77. The minimum atomic E-state index is -0.367. The molecule has 0 radical (unpaired) electrons. The Morgan fingerprint density at radius 2 is 1.86 bits per heavy atom. The van der Waals surface area contributed by atoms with Crippen LogP contribution in [0.4, 0.5) is 0 Å². The van der Waals surface area contributed by atoms with Gasteiger partial charge in [-0.2, -0.15) is 10.4 Å². The first kappa shape index (κ1) is 14.8. The van der Waals surface area contributed by atoms with E-state index in [2.05, 4.69) is 10.5 Å². The number of nitriles is 1. The van der Waals surface area contributed by atoms with Gasteiger partial charge >= 0.3 is 0 Å². The molecule has 0 saturated heterocycles. The van der Waals surface area contributed by atoms with Crippen molar-refractivity contribution in [2.45, 2.75) is 6.92 Å². The molecule has 2 rings (SSSR count). The molecule has 0 unspecified atom stereocenters. The minimum Gasteiger partial charge on any atom is -0.267 e. The Bertz CT molecular complexity index is 730. The topological polar surface area (TPSA) is 65.2 Å². The summed E-state index contributed by atoms with van der Waals surface area (Å²) in [5.74, 6) is -0.367. The van der Waals surface area contributed by atoms with Crippen molar-refractivity contribution in [1.82, 2.24) is 5.43 Å². The van der Waals surface area contributed by atoms with Crippen LogP contribution in [0, 0.1) is 11.3 Å². The van der Waals surface area contributed by atoms with E-state index in [0.29, 0.717) is 21.9 Å². The Kier molecular flexibility index (Phi) is 4.70. The van der Waals surface area contributed by atoms with Crippen LogP contribution in [0.3, 0.4) is 0 Å². The third-order valence-electron chi connectivity index (χ3n) is 2.88. The van der Waals surface area contributed by atoms with E-state index in [1.54, 1.807) is 55.5 Å². The second kappa shape index (κ2) is 6.69. The molecule has 4 nitrogen and oxygen atoms in total. The Morgan fingerprint density at radius 3 is 2.48 bits per heavy atom. The van der Waals surface area contributed by atoms with Crippen LogP contribution in [-0.4, -0.2) is 11.6 Å². The van der Waals surface area contributed by atoms with Crippen LogP contribution in [0.25, 0.3) is 0 Å². The van der Waals surface area contributed by atoms with Crippen LogP contribution in [0.1, 0.15) is 28.4 Å². The molecular weight excluding hydrogens is 286 g/mol. The molecule has 0 spiro atoms. The summed E-state index contributed by atoms with van der Waals surface area (Å²) in [6.07, 6.45) is 0. The van der Waals surface area contributed by atoms with Crippen molar-refractivity contribution in [3.63, 3.8) is 0 Å². The van der Waals surface area contributed by atoms with Gasteiger partial charge in [-0.1, -0.05) is 35.9 Å².